The smallest absolute Gasteiger partial charge is 0.348 e. The van der Waals surface area contributed by atoms with E-state index in [1.165, 1.54) is 12.1 Å². The van der Waals surface area contributed by atoms with E-state index in [0.717, 1.165) is 22.9 Å². The molecule has 0 atom stereocenters. The maximum absolute atomic E-state index is 12.5. The first-order valence-corrected chi connectivity index (χ1v) is 7.37. The fourth-order valence-corrected chi connectivity index (χ4v) is 2.51. The van der Waals surface area contributed by atoms with Crippen LogP contribution >= 0.6 is 0 Å². The Hall–Kier alpha value is -2.82. The van der Waals surface area contributed by atoms with Crippen LogP contribution in [0.15, 0.2) is 66.7 Å². The Balaban J connectivity index is 1.73. The molecule has 5 heteroatoms. The molecule has 122 valence electrons. The summed E-state index contributed by atoms with van der Waals surface area (Å²) in [6.07, 6.45) is -4.36. The molecule has 3 aromatic carbocycles. The van der Waals surface area contributed by atoms with Crippen LogP contribution in [0, 0.1) is 0 Å². The summed E-state index contributed by atoms with van der Waals surface area (Å²) in [5, 5.41) is 4.54. The number of carbonyl (C=O) groups excluding carboxylic acids is 1. The van der Waals surface area contributed by atoms with E-state index in [2.05, 4.69) is 5.32 Å². The molecule has 0 heterocycles. The van der Waals surface area contributed by atoms with Crippen LogP contribution < -0.4 is 5.32 Å². The lowest BCUT2D eigenvalue weighted by atomic mass is 10.0. The molecule has 0 bridgehead atoms. The lowest BCUT2D eigenvalue weighted by Crippen LogP contribution is -2.23. The fraction of sp³-hybridized carbons (Fsp3) is 0.105. The number of hydrogen-bond donors (Lipinski definition) is 1. The second kappa shape index (κ2) is 6.35. The van der Waals surface area contributed by atoms with Crippen molar-refractivity contribution >= 4 is 16.7 Å². The highest BCUT2D eigenvalue weighted by molar-refractivity contribution is 6.06. The number of alkyl halides is 3. The first-order chi connectivity index (χ1) is 11.4. The van der Waals surface area contributed by atoms with Gasteiger partial charge in [0.05, 0.1) is 5.56 Å². The van der Waals surface area contributed by atoms with Crippen LogP contribution in [0.1, 0.15) is 21.5 Å². The molecule has 0 radical (unpaired) electrons. The number of hydrogen-bond acceptors (Lipinski definition) is 1. The Bertz CT molecular complexity index is 864. The van der Waals surface area contributed by atoms with Gasteiger partial charge in [-0.15, -0.1) is 0 Å². The molecule has 2 nitrogen and oxygen atoms in total. The highest BCUT2D eigenvalue weighted by Crippen LogP contribution is 2.29. The molecule has 0 saturated carbocycles. The van der Waals surface area contributed by atoms with Gasteiger partial charge in [0.2, 0.25) is 0 Å². The normalized spacial score (nSPS) is 11.5. The molecular formula is C19H14F3NO. The van der Waals surface area contributed by atoms with Gasteiger partial charge in [0.25, 0.3) is 5.91 Å². The summed E-state index contributed by atoms with van der Waals surface area (Å²) in [4.78, 5) is 12.4. The van der Waals surface area contributed by atoms with E-state index < -0.39 is 11.7 Å². The van der Waals surface area contributed by atoms with Gasteiger partial charge < -0.3 is 5.32 Å². The summed E-state index contributed by atoms with van der Waals surface area (Å²) < 4.78 is 37.6. The van der Waals surface area contributed by atoms with Gasteiger partial charge in [0, 0.05) is 12.1 Å². The Kier molecular flexibility index (Phi) is 4.25. The van der Waals surface area contributed by atoms with Gasteiger partial charge >= 0.3 is 6.18 Å². The Morgan fingerprint density at radius 2 is 1.54 bits per heavy atom. The second-order valence-corrected chi connectivity index (χ2v) is 5.40. The minimum absolute atomic E-state index is 0.167. The summed E-state index contributed by atoms with van der Waals surface area (Å²) >= 11 is 0. The average molecular weight is 329 g/mol. The van der Waals surface area contributed by atoms with Crippen molar-refractivity contribution in [2.45, 2.75) is 12.7 Å². The standard InChI is InChI=1S/C19H14F3NO/c20-19(21,22)15-10-8-13(9-11-15)12-23-18(24)17-7-3-5-14-4-1-2-6-16(14)17/h1-11H,12H2,(H,23,24). The third kappa shape index (κ3) is 3.40. The van der Waals surface area contributed by atoms with E-state index in [1.807, 2.05) is 30.3 Å². The van der Waals surface area contributed by atoms with Crippen molar-refractivity contribution in [2.75, 3.05) is 0 Å². The molecule has 0 unspecified atom stereocenters. The van der Waals surface area contributed by atoms with Crippen molar-refractivity contribution in [2.24, 2.45) is 0 Å². The maximum Gasteiger partial charge on any atom is 0.416 e. The molecule has 3 rings (SSSR count). The van der Waals surface area contributed by atoms with Crippen molar-refractivity contribution in [3.63, 3.8) is 0 Å². The molecule has 1 N–H and O–H groups in total. The summed E-state index contributed by atoms with van der Waals surface area (Å²) in [5.74, 6) is -0.258. The highest BCUT2D eigenvalue weighted by atomic mass is 19.4. The number of carbonyl (C=O) groups is 1. The van der Waals surface area contributed by atoms with Crippen LogP contribution in [0.4, 0.5) is 13.2 Å². The Labute approximate surface area is 136 Å². The van der Waals surface area contributed by atoms with E-state index in [0.29, 0.717) is 11.1 Å². The van der Waals surface area contributed by atoms with Crippen LogP contribution in [0.2, 0.25) is 0 Å². The maximum atomic E-state index is 12.5. The molecule has 1 amide bonds. The SMILES string of the molecule is O=C(NCc1ccc(C(F)(F)F)cc1)c1cccc2ccccc12. The molecule has 0 aromatic heterocycles. The first-order valence-electron chi connectivity index (χ1n) is 7.37. The number of rotatable bonds is 3. The zero-order valence-electron chi connectivity index (χ0n) is 12.6. The summed E-state index contributed by atoms with van der Waals surface area (Å²) in [6, 6.07) is 17.7. The van der Waals surface area contributed by atoms with E-state index in [9.17, 15) is 18.0 Å². The van der Waals surface area contributed by atoms with E-state index >= 15 is 0 Å². The summed E-state index contributed by atoms with van der Waals surface area (Å²) in [7, 11) is 0. The molecule has 0 aliphatic rings. The summed E-state index contributed by atoms with van der Waals surface area (Å²) in [5.41, 5.74) is 0.447. The third-order valence-corrected chi connectivity index (χ3v) is 3.77. The first kappa shape index (κ1) is 16.1. The van der Waals surface area contributed by atoms with Gasteiger partial charge in [0.15, 0.2) is 0 Å². The van der Waals surface area contributed by atoms with Gasteiger partial charge in [-0.05, 0) is 34.5 Å². The Morgan fingerprint density at radius 3 is 2.25 bits per heavy atom. The van der Waals surface area contributed by atoms with Crippen molar-refractivity contribution in [3.8, 4) is 0 Å². The molecule has 0 spiro atoms. The number of benzene rings is 3. The summed E-state index contributed by atoms with van der Waals surface area (Å²) in [6.45, 7) is 0.167. The van der Waals surface area contributed by atoms with E-state index in [-0.39, 0.29) is 12.5 Å². The third-order valence-electron chi connectivity index (χ3n) is 3.77. The van der Waals surface area contributed by atoms with Crippen LogP contribution in [0.5, 0.6) is 0 Å². The van der Waals surface area contributed by atoms with Crippen molar-refractivity contribution in [3.05, 3.63) is 83.4 Å². The van der Waals surface area contributed by atoms with Gasteiger partial charge in [-0.25, -0.2) is 0 Å². The molecule has 24 heavy (non-hydrogen) atoms. The van der Waals surface area contributed by atoms with Crippen LogP contribution in [0.3, 0.4) is 0 Å². The second-order valence-electron chi connectivity index (χ2n) is 5.40. The van der Waals surface area contributed by atoms with Crippen molar-refractivity contribution < 1.29 is 18.0 Å². The quantitative estimate of drug-likeness (QED) is 0.735. The molecular weight excluding hydrogens is 315 g/mol. The minimum Gasteiger partial charge on any atom is -0.348 e. The predicted molar refractivity (Wildman–Crippen MR) is 86.6 cm³/mol. The molecule has 0 aliphatic carbocycles. The molecule has 0 aliphatic heterocycles. The van der Waals surface area contributed by atoms with Gasteiger partial charge in [-0.3, -0.25) is 4.79 Å². The number of nitrogens with one attached hydrogen (secondary N) is 1. The van der Waals surface area contributed by atoms with Crippen LogP contribution in [-0.2, 0) is 12.7 Å². The Morgan fingerprint density at radius 1 is 0.875 bits per heavy atom. The number of halogens is 3. The predicted octanol–water partition coefficient (Wildman–Crippen LogP) is 4.79. The fourth-order valence-electron chi connectivity index (χ4n) is 2.51. The molecule has 0 fully saturated rings. The molecule has 0 saturated heterocycles. The van der Waals surface area contributed by atoms with Crippen LogP contribution in [0.25, 0.3) is 10.8 Å². The monoisotopic (exact) mass is 329 g/mol. The van der Waals surface area contributed by atoms with E-state index in [4.69, 9.17) is 0 Å². The van der Waals surface area contributed by atoms with E-state index in [1.54, 1.807) is 12.1 Å². The topological polar surface area (TPSA) is 29.1 Å². The largest absolute Gasteiger partial charge is 0.416 e. The van der Waals surface area contributed by atoms with Gasteiger partial charge in [-0.2, -0.15) is 13.2 Å². The highest BCUT2D eigenvalue weighted by Gasteiger charge is 2.29. The number of amides is 1. The number of fused-ring (bicyclic) bond motifs is 1. The lowest BCUT2D eigenvalue weighted by Gasteiger charge is -2.10. The van der Waals surface area contributed by atoms with Gasteiger partial charge in [-0.1, -0.05) is 48.5 Å². The molecule has 3 aromatic rings. The van der Waals surface area contributed by atoms with Crippen molar-refractivity contribution in [1.82, 2.24) is 5.32 Å². The zero-order valence-corrected chi connectivity index (χ0v) is 12.6. The lowest BCUT2D eigenvalue weighted by molar-refractivity contribution is -0.137. The minimum atomic E-state index is -4.36. The average Bonchev–Trinajstić information content (AvgIpc) is 2.59. The van der Waals surface area contributed by atoms with Crippen LogP contribution in [-0.4, -0.2) is 5.91 Å². The van der Waals surface area contributed by atoms with Crippen molar-refractivity contribution in [1.29, 1.82) is 0 Å². The van der Waals surface area contributed by atoms with Gasteiger partial charge in [0.1, 0.15) is 0 Å². The zero-order chi connectivity index (χ0) is 17.2.